The van der Waals surface area contributed by atoms with E-state index in [2.05, 4.69) is 171 Å². The first-order valence-corrected chi connectivity index (χ1v) is 18.3. The molecule has 0 N–H and O–H groups in total. The summed E-state index contributed by atoms with van der Waals surface area (Å²) in [6.45, 7) is 0. The molecule has 5 nitrogen and oxygen atoms in total. The van der Waals surface area contributed by atoms with Crippen molar-refractivity contribution in [2.24, 2.45) is 0 Å². The Balaban J connectivity index is 1.19. The molecule has 5 heteroatoms. The summed E-state index contributed by atoms with van der Waals surface area (Å²) >= 11 is 0. The highest BCUT2D eigenvalue weighted by Gasteiger charge is 2.22. The Kier molecular flexibility index (Phi) is 6.61. The molecule has 0 amide bonds. The van der Waals surface area contributed by atoms with Crippen molar-refractivity contribution >= 4 is 65.4 Å². The van der Waals surface area contributed by atoms with Crippen molar-refractivity contribution in [2.75, 3.05) is 0 Å². The molecule has 0 saturated carbocycles. The van der Waals surface area contributed by atoms with Crippen molar-refractivity contribution in [3.63, 3.8) is 0 Å². The maximum absolute atomic E-state index is 10.7. The molecule has 3 heterocycles. The molecular formula is C50H29N5. The molecule has 0 atom stereocenters. The largest absolute Gasteiger partial charge is 0.309 e. The quantitative estimate of drug-likeness (QED) is 0.184. The van der Waals surface area contributed by atoms with Crippen LogP contribution in [-0.2, 0) is 0 Å². The van der Waals surface area contributed by atoms with Crippen molar-refractivity contribution < 1.29 is 0 Å². The van der Waals surface area contributed by atoms with E-state index in [1.165, 1.54) is 10.8 Å². The summed E-state index contributed by atoms with van der Waals surface area (Å²) in [5.74, 6) is 0. The van der Waals surface area contributed by atoms with Crippen LogP contribution in [0.1, 0.15) is 11.1 Å². The maximum atomic E-state index is 10.7. The van der Waals surface area contributed by atoms with E-state index >= 15 is 0 Å². The van der Waals surface area contributed by atoms with Crippen LogP contribution in [-0.4, -0.2) is 13.7 Å². The number of nitriles is 2. The highest BCUT2D eigenvalue weighted by molar-refractivity contribution is 6.17. The van der Waals surface area contributed by atoms with E-state index in [1.54, 1.807) is 0 Å². The summed E-state index contributed by atoms with van der Waals surface area (Å²) < 4.78 is 6.90. The Morgan fingerprint density at radius 1 is 0.345 bits per heavy atom. The van der Waals surface area contributed by atoms with Crippen LogP contribution in [0.4, 0.5) is 0 Å². The van der Waals surface area contributed by atoms with Gasteiger partial charge in [-0.15, -0.1) is 0 Å². The number of fused-ring (bicyclic) bond motifs is 9. The fraction of sp³-hybridized carbons (Fsp3) is 0. The number of hydrogen-bond acceptors (Lipinski definition) is 2. The Morgan fingerprint density at radius 3 is 1.51 bits per heavy atom. The van der Waals surface area contributed by atoms with Gasteiger partial charge in [-0.2, -0.15) is 10.5 Å². The van der Waals surface area contributed by atoms with Gasteiger partial charge < -0.3 is 13.7 Å². The van der Waals surface area contributed by atoms with Gasteiger partial charge in [-0.25, -0.2) is 0 Å². The van der Waals surface area contributed by atoms with E-state index in [0.717, 1.165) is 82.8 Å². The first-order valence-electron chi connectivity index (χ1n) is 18.3. The van der Waals surface area contributed by atoms with Gasteiger partial charge in [0, 0.05) is 37.9 Å². The van der Waals surface area contributed by atoms with Gasteiger partial charge in [0.15, 0.2) is 0 Å². The average molecular weight is 700 g/mol. The van der Waals surface area contributed by atoms with E-state index in [1.807, 2.05) is 30.3 Å². The van der Waals surface area contributed by atoms with E-state index in [4.69, 9.17) is 0 Å². The number of aromatic nitrogens is 3. The molecule has 11 aromatic rings. The van der Waals surface area contributed by atoms with Gasteiger partial charge >= 0.3 is 0 Å². The summed E-state index contributed by atoms with van der Waals surface area (Å²) in [6, 6.07) is 65.9. The Labute approximate surface area is 316 Å². The first kappa shape index (κ1) is 30.7. The fourth-order valence-corrected chi connectivity index (χ4v) is 8.82. The fourth-order valence-electron chi connectivity index (χ4n) is 8.82. The highest BCUT2D eigenvalue weighted by atomic mass is 15.0. The second-order valence-corrected chi connectivity index (χ2v) is 14.0. The Morgan fingerprint density at radius 2 is 0.855 bits per heavy atom. The van der Waals surface area contributed by atoms with Gasteiger partial charge in [-0.05, 0) is 72.3 Å². The molecule has 254 valence electrons. The number of hydrogen-bond donors (Lipinski definition) is 0. The van der Waals surface area contributed by atoms with Crippen LogP contribution < -0.4 is 0 Å². The minimum Gasteiger partial charge on any atom is -0.309 e. The van der Waals surface area contributed by atoms with Crippen LogP contribution in [0.15, 0.2) is 176 Å². The zero-order valence-corrected chi connectivity index (χ0v) is 29.5. The molecule has 0 aliphatic rings. The third kappa shape index (κ3) is 4.39. The monoisotopic (exact) mass is 699 g/mol. The smallest absolute Gasteiger partial charge is 0.101 e. The topological polar surface area (TPSA) is 62.4 Å². The van der Waals surface area contributed by atoms with E-state index in [-0.39, 0.29) is 0 Å². The van der Waals surface area contributed by atoms with Gasteiger partial charge in [0.2, 0.25) is 0 Å². The predicted octanol–water partition coefficient (Wildman–Crippen LogP) is 12.4. The van der Waals surface area contributed by atoms with Gasteiger partial charge in [-0.1, -0.05) is 109 Å². The third-order valence-electron chi connectivity index (χ3n) is 11.1. The zero-order chi connectivity index (χ0) is 36.6. The van der Waals surface area contributed by atoms with Crippen LogP contribution in [0.25, 0.3) is 93.6 Å². The molecule has 0 bridgehead atoms. The Hall–Kier alpha value is -7.86. The van der Waals surface area contributed by atoms with Crippen molar-refractivity contribution in [1.82, 2.24) is 13.7 Å². The lowest BCUT2D eigenvalue weighted by molar-refractivity contribution is 1.16. The van der Waals surface area contributed by atoms with Gasteiger partial charge in [-0.3, -0.25) is 0 Å². The number of para-hydroxylation sites is 5. The molecule has 0 aliphatic carbocycles. The minimum absolute atomic E-state index is 0.585. The van der Waals surface area contributed by atoms with Crippen molar-refractivity contribution in [3.8, 4) is 40.3 Å². The second kappa shape index (κ2) is 11.8. The van der Waals surface area contributed by atoms with E-state index in [0.29, 0.717) is 11.1 Å². The zero-order valence-electron chi connectivity index (χ0n) is 29.5. The number of benzene rings is 8. The number of rotatable bonds is 4. The van der Waals surface area contributed by atoms with Crippen LogP contribution in [0.5, 0.6) is 0 Å². The van der Waals surface area contributed by atoms with Crippen molar-refractivity contribution in [3.05, 3.63) is 187 Å². The molecule has 11 rings (SSSR count). The second-order valence-electron chi connectivity index (χ2n) is 14.0. The first-order chi connectivity index (χ1) is 27.2. The SMILES string of the molecule is N#Cc1ccc2c3ccccc3n(-c3ccccc3-c3ccc(C#N)c(-n4c5ccccc5c5c(-n6c7ccccc7c7ccccc76)cccc54)c3)c2c1. The summed E-state index contributed by atoms with van der Waals surface area (Å²) in [5.41, 5.74) is 12.5. The van der Waals surface area contributed by atoms with E-state index in [9.17, 15) is 10.5 Å². The normalized spacial score (nSPS) is 11.6. The lowest BCUT2D eigenvalue weighted by atomic mass is 10.00. The standard InChI is InChI=1S/C50H29N5/c51-30-32-24-27-39-38-15-4-9-20-44(38)54(49(39)28-32)41-17-6-1-12-35(41)33-25-26-34(31-52)48(29-33)55-45-21-10-5-16-40(45)50-46(22-11-23-47(50)55)53-42-18-7-2-13-36(42)37-14-3-8-19-43(37)53/h1-29H. The molecule has 8 aromatic carbocycles. The molecule has 0 aliphatic heterocycles. The van der Waals surface area contributed by atoms with Gasteiger partial charge in [0.1, 0.15) is 6.07 Å². The summed E-state index contributed by atoms with van der Waals surface area (Å²) in [7, 11) is 0. The van der Waals surface area contributed by atoms with Gasteiger partial charge in [0.05, 0.1) is 67.4 Å². The molecule has 0 spiro atoms. The maximum Gasteiger partial charge on any atom is 0.101 e. The third-order valence-corrected chi connectivity index (χ3v) is 11.1. The number of nitrogens with zero attached hydrogens (tertiary/aromatic N) is 5. The summed E-state index contributed by atoms with van der Waals surface area (Å²) in [6.07, 6.45) is 0. The highest BCUT2D eigenvalue weighted by Crippen LogP contribution is 2.42. The van der Waals surface area contributed by atoms with Crippen LogP contribution in [0.3, 0.4) is 0 Å². The lowest BCUT2D eigenvalue weighted by Gasteiger charge is -2.16. The van der Waals surface area contributed by atoms with Crippen LogP contribution in [0.2, 0.25) is 0 Å². The molecule has 0 radical (unpaired) electrons. The molecule has 3 aromatic heterocycles. The van der Waals surface area contributed by atoms with Crippen molar-refractivity contribution in [2.45, 2.75) is 0 Å². The predicted molar refractivity (Wildman–Crippen MR) is 224 cm³/mol. The van der Waals surface area contributed by atoms with Crippen LogP contribution in [0, 0.1) is 22.7 Å². The molecule has 0 fully saturated rings. The summed E-state index contributed by atoms with van der Waals surface area (Å²) in [5, 5.41) is 27.4. The minimum atomic E-state index is 0.585. The molecule has 0 saturated heterocycles. The van der Waals surface area contributed by atoms with E-state index < -0.39 is 0 Å². The molecular weight excluding hydrogens is 671 g/mol. The average Bonchev–Trinajstić information content (AvgIpc) is 3.89. The van der Waals surface area contributed by atoms with Crippen molar-refractivity contribution in [1.29, 1.82) is 10.5 Å². The summed E-state index contributed by atoms with van der Waals surface area (Å²) in [4.78, 5) is 0. The molecule has 0 unspecified atom stereocenters. The lowest BCUT2D eigenvalue weighted by Crippen LogP contribution is -2.01. The van der Waals surface area contributed by atoms with Gasteiger partial charge in [0.25, 0.3) is 0 Å². The van der Waals surface area contributed by atoms with Crippen LogP contribution >= 0.6 is 0 Å². The Bertz CT molecular complexity index is 3420. The molecule has 55 heavy (non-hydrogen) atoms.